The minimum absolute atomic E-state index is 0.127. The highest BCUT2D eigenvalue weighted by Crippen LogP contribution is 2.34. The summed E-state index contributed by atoms with van der Waals surface area (Å²) in [6.45, 7) is 8.99. The Labute approximate surface area is 224 Å². The van der Waals surface area contributed by atoms with E-state index in [2.05, 4.69) is 157 Å². The fourth-order valence-electron chi connectivity index (χ4n) is 4.87. The van der Waals surface area contributed by atoms with Gasteiger partial charge in [0.05, 0.1) is 21.0 Å². The van der Waals surface area contributed by atoms with Gasteiger partial charge in [-0.3, -0.25) is 0 Å². The summed E-state index contributed by atoms with van der Waals surface area (Å²) >= 11 is 0. The van der Waals surface area contributed by atoms with Crippen molar-refractivity contribution >= 4 is 27.2 Å². The number of benzene rings is 4. The Morgan fingerprint density at radius 1 is 0.757 bits per heavy atom. The van der Waals surface area contributed by atoms with Gasteiger partial charge in [-0.2, -0.15) is 0 Å². The molecule has 1 aromatic heterocycles. The van der Waals surface area contributed by atoms with Crippen molar-refractivity contribution in [2.24, 2.45) is 0 Å². The Morgan fingerprint density at radius 3 is 1.57 bits per heavy atom. The largest absolute Gasteiger partial charge is 0.327 e. The van der Waals surface area contributed by atoms with Gasteiger partial charge < -0.3 is 4.57 Å². The van der Waals surface area contributed by atoms with Crippen LogP contribution in [0, 0.1) is 0 Å². The molecular formula is C33H35BN2Si. The molecule has 5 rings (SSSR count). The lowest BCUT2D eigenvalue weighted by molar-refractivity contribution is 0.592. The Balaban J connectivity index is 0.000000195. The second kappa shape index (κ2) is 12.9. The smallest absolute Gasteiger partial charge is 0.206 e. The summed E-state index contributed by atoms with van der Waals surface area (Å²) in [6.07, 6.45) is 5.91. The second-order valence-corrected chi connectivity index (χ2v) is 11.6. The molecule has 0 fully saturated rings. The topological polar surface area (TPSA) is 17.8 Å². The van der Waals surface area contributed by atoms with Crippen molar-refractivity contribution in [1.82, 2.24) is 9.55 Å². The van der Waals surface area contributed by atoms with Gasteiger partial charge in [-0.25, -0.2) is 4.98 Å². The zero-order valence-electron chi connectivity index (χ0n) is 21.9. The van der Waals surface area contributed by atoms with Crippen LogP contribution >= 0.6 is 0 Å². The van der Waals surface area contributed by atoms with Crippen LogP contribution in [0.25, 0.3) is 0 Å². The number of imidazole rings is 1. The number of aromatic nitrogens is 2. The first kappa shape index (κ1) is 26.2. The summed E-state index contributed by atoms with van der Waals surface area (Å²) < 4.78 is 2.28. The molecule has 0 unspecified atom stereocenters. The van der Waals surface area contributed by atoms with Gasteiger partial charge in [0, 0.05) is 12.4 Å². The molecule has 184 valence electrons. The highest BCUT2D eigenvalue weighted by molar-refractivity contribution is 6.84. The first-order valence-electron chi connectivity index (χ1n) is 12.9. The second-order valence-electron chi connectivity index (χ2n) is 9.56. The maximum atomic E-state index is 4.33. The van der Waals surface area contributed by atoms with Gasteiger partial charge in [0.1, 0.15) is 0 Å². The molecule has 0 spiro atoms. The van der Waals surface area contributed by atoms with Crippen molar-refractivity contribution in [2.75, 3.05) is 0 Å². The van der Waals surface area contributed by atoms with Crippen LogP contribution in [-0.2, 0) is 5.16 Å². The zero-order chi connectivity index (χ0) is 25.9. The number of hydrogen-bond donors (Lipinski definition) is 0. The normalized spacial score (nSPS) is 11.1. The monoisotopic (exact) mass is 498 g/mol. The summed E-state index contributed by atoms with van der Waals surface area (Å²) in [6, 6.07) is 43.9. The van der Waals surface area contributed by atoms with E-state index in [4.69, 9.17) is 0 Å². The minimum Gasteiger partial charge on any atom is -0.327 e. The molecule has 0 bridgehead atoms. The van der Waals surface area contributed by atoms with Crippen LogP contribution in [0.2, 0.25) is 12.9 Å². The third kappa shape index (κ3) is 6.46. The summed E-state index contributed by atoms with van der Waals surface area (Å²) in [5.74, 6) is 0. The van der Waals surface area contributed by atoms with Crippen LogP contribution in [-0.4, -0.2) is 25.8 Å². The molecule has 0 saturated heterocycles. The van der Waals surface area contributed by atoms with Crippen LogP contribution in [0.5, 0.6) is 0 Å². The quantitative estimate of drug-likeness (QED) is 0.198. The molecule has 0 aliphatic heterocycles. The first-order valence-corrected chi connectivity index (χ1v) is 14.7. The van der Waals surface area contributed by atoms with Crippen molar-refractivity contribution in [3.05, 3.63) is 163 Å². The van der Waals surface area contributed by atoms with E-state index in [0.29, 0.717) is 6.71 Å². The van der Waals surface area contributed by atoms with Gasteiger partial charge in [0.2, 0.25) is 6.71 Å². The number of rotatable bonds is 8. The van der Waals surface area contributed by atoms with E-state index in [9.17, 15) is 0 Å². The molecule has 0 saturated carbocycles. The molecule has 4 heteroatoms. The van der Waals surface area contributed by atoms with E-state index in [-0.39, 0.29) is 5.16 Å². The average Bonchev–Trinajstić information content (AvgIpc) is 3.51. The maximum absolute atomic E-state index is 4.33. The van der Waals surface area contributed by atoms with Gasteiger partial charge in [-0.05, 0) is 24.1 Å². The van der Waals surface area contributed by atoms with Gasteiger partial charge in [0.25, 0.3) is 0 Å². The number of hydrogen-bond acceptors (Lipinski definition) is 1. The third-order valence-electron chi connectivity index (χ3n) is 6.96. The van der Waals surface area contributed by atoms with Crippen molar-refractivity contribution in [2.45, 2.75) is 25.0 Å². The average molecular weight is 499 g/mol. The van der Waals surface area contributed by atoms with E-state index < -0.39 is 9.52 Å². The highest BCUT2D eigenvalue weighted by Gasteiger charge is 2.35. The highest BCUT2D eigenvalue weighted by atomic mass is 28.2. The summed E-state index contributed by atoms with van der Waals surface area (Å²) in [5.41, 5.74) is 6.67. The fraction of sp³-hybridized carbons (Fsp3) is 0.121. The molecule has 0 amide bonds. The van der Waals surface area contributed by atoms with Crippen LogP contribution in [0.4, 0.5) is 0 Å². The predicted octanol–water partition coefficient (Wildman–Crippen LogP) is 5.72. The third-order valence-corrected chi connectivity index (χ3v) is 9.97. The molecule has 2 nitrogen and oxygen atoms in total. The van der Waals surface area contributed by atoms with Crippen molar-refractivity contribution < 1.29 is 0 Å². The maximum Gasteiger partial charge on any atom is 0.206 e. The summed E-state index contributed by atoms with van der Waals surface area (Å²) in [7, 11) is -0.571. The van der Waals surface area contributed by atoms with Crippen LogP contribution in [0.15, 0.2) is 152 Å². The molecule has 4 aromatic carbocycles. The molecule has 0 N–H and O–H groups in total. The van der Waals surface area contributed by atoms with E-state index in [1.165, 1.54) is 27.6 Å². The van der Waals surface area contributed by atoms with Crippen molar-refractivity contribution in [1.29, 1.82) is 0 Å². The molecular weight excluding hydrogens is 463 g/mol. The van der Waals surface area contributed by atoms with Gasteiger partial charge >= 0.3 is 0 Å². The van der Waals surface area contributed by atoms with E-state index in [1.54, 1.807) is 0 Å². The zero-order valence-corrected chi connectivity index (χ0v) is 23.3. The van der Waals surface area contributed by atoms with Crippen LogP contribution in [0.1, 0.15) is 18.1 Å². The lowest BCUT2D eigenvalue weighted by atomic mass is 9.43. The van der Waals surface area contributed by atoms with E-state index >= 15 is 0 Å². The van der Waals surface area contributed by atoms with Crippen LogP contribution < -0.4 is 10.9 Å². The summed E-state index contributed by atoms with van der Waals surface area (Å²) in [5, 5.41) is -0.127. The molecule has 1 heterocycles. The van der Waals surface area contributed by atoms with Gasteiger partial charge in [-0.15, -0.1) is 6.58 Å². The summed E-state index contributed by atoms with van der Waals surface area (Å²) in [4.78, 5) is 4.33. The van der Waals surface area contributed by atoms with Crippen molar-refractivity contribution in [3.63, 3.8) is 0 Å². The Hall–Kier alpha value is -3.89. The van der Waals surface area contributed by atoms with E-state index in [1.807, 2.05) is 12.5 Å². The van der Waals surface area contributed by atoms with E-state index in [0.717, 1.165) is 6.04 Å². The SMILES string of the molecule is C=C(C)C[SiH2]C(c1ccccc1)(c1ccccc1)n1ccnc1.CB(c1ccccc1)c1ccccc1. The Morgan fingerprint density at radius 2 is 1.19 bits per heavy atom. The molecule has 37 heavy (non-hydrogen) atoms. The standard InChI is InChI=1S/C20H22N2Si.C13H13B/c1-17(2)15-23-20(22-14-13-21-16-22,18-9-5-3-6-10-18)19-11-7-4-8-12-19;1-14(12-8-4-2-5-9-12)13-10-6-3-7-11-13/h3-14,16H,1,15,23H2,2H3;2-11H,1H3. The first-order chi connectivity index (χ1) is 18.1. The lowest BCUT2D eigenvalue weighted by Gasteiger charge is -2.37. The minimum atomic E-state index is -0.571. The van der Waals surface area contributed by atoms with Gasteiger partial charge in [0.15, 0.2) is 0 Å². The Bertz CT molecular complexity index is 1260. The van der Waals surface area contributed by atoms with Crippen LogP contribution in [0.3, 0.4) is 0 Å². The number of allylic oxidation sites excluding steroid dienone is 1. The predicted molar refractivity (Wildman–Crippen MR) is 163 cm³/mol. The van der Waals surface area contributed by atoms with Gasteiger partial charge in [-0.1, -0.05) is 145 Å². The molecule has 0 aliphatic rings. The lowest BCUT2D eigenvalue weighted by Crippen LogP contribution is -2.41. The van der Waals surface area contributed by atoms with Crippen molar-refractivity contribution in [3.8, 4) is 0 Å². The molecule has 0 radical (unpaired) electrons. The fourth-order valence-corrected chi connectivity index (χ4v) is 7.15. The molecule has 0 atom stereocenters. The Kier molecular flexibility index (Phi) is 9.12. The number of nitrogens with zero attached hydrogens (tertiary/aromatic N) is 2. The molecule has 5 aromatic rings. The molecule has 0 aliphatic carbocycles.